The molecular weight excluding hydrogens is 659 g/mol. The number of aromatic nitrogens is 2. The minimum absolute atomic E-state index is 0.554. The fourth-order valence-corrected chi connectivity index (χ4v) is 7.94. The third-order valence-corrected chi connectivity index (χ3v) is 9.95. The van der Waals surface area contributed by atoms with E-state index < -0.39 is 33.1 Å². The first kappa shape index (κ1) is 30.3. The Morgan fingerprint density at radius 2 is 1.06 bits per heavy atom. The number of benzene rings is 4. The highest BCUT2D eigenvalue weighted by Gasteiger charge is 2.51. The normalized spacial score (nSPS) is 21.5. The summed E-state index contributed by atoms with van der Waals surface area (Å²) < 4.78 is 44.0. The lowest BCUT2D eigenvalue weighted by molar-refractivity contribution is 0.227. The zero-order valence-electron chi connectivity index (χ0n) is 25.7. The Morgan fingerprint density at radius 1 is 0.681 bits per heavy atom. The molecule has 9 rings (SSSR count). The van der Waals surface area contributed by atoms with E-state index >= 15 is 0 Å². The van der Waals surface area contributed by atoms with Gasteiger partial charge in [-0.25, -0.2) is 9.98 Å². The third kappa shape index (κ3) is 4.64. The molecule has 6 aromatic rings. The Morgan fingerprint density at radius 3 is 1.45 bits per heavy atom. The van der Waals surface area contributed by atoms with Gasteiger partial charge >= 0.3 is 0 Å². The van der Waals surface area contributed by atoms with E-state index in [1.165, 1.54) is 11.0 Å². The topological polar surface area (TPSA) is 107 Å². The maximum atomic E-state index is 9.19. The predicted octanol–water partition coefficient (Wildman–Crippen LogP) is 8.04. The Bertz CT molecular complexity index is 2290. The van der Waals surface area contributed by atoms with Crippen LogP contribution in [0.15, 0.2) is 82.8 Å². The highest BCUT2D eigenvalue weighted by molar-refractivity contribution is 7.85. The van der Waals surface area contributed by atoms with Crippen molar-refractivity contribution in [2.45, 2.75) is 49.9 Å². The van der Waals surface area contributed by atoms with E-state index in [0.717, 1.165) is 68.5 Å². The maximum Gasteiger partial charge on any atom is 0.261 e. The molecule has 4 unspecified atom stereocenters. The minimum atomic E-state index is -3.67. The first-order valence-electron chi connectivity index (χ1n) is 15.4. The molecule has 0 spiro atoms. The lowest BCUT2D eigenvalue weighted by Crippen LogP contribution is -2.60. The molecule has 9 nitrogen and oxygen atoms in total. The van der Waals surface area contributed by atoms with E-state index in [2.05, 4.69) is 83.6 Å². The molecule has 0 bridgehead atoms. The number of nitrogens with zero attached hydrogens (tertiary/aromatic N) is 4. The Balaban J connectivity index is 0.000000606. The quantitative estimate of drug-likeness (QED) is 0.146. The summed E-state index contributed by atoms with van der Waals surface area (Å²) in [6.45, 7) is 6.01. The summed E-state index contributed by atoms with van der Waals surface area (Å²) in [7, 11) is -3.67. The van der Waals surface area contributed by atoms with Crippen LogP contribution in [-0.4, -0.2) is 62.7 Å². The number of ether oxygens (including phenoxy) is 2. The number of fused-ring (bicyclic) bond motifs is 12. The van der Waals surface area contributed by atoms with Gasteiger partial charge in [-0.2, -0.15) is 8.42 Å². The zero-order chi connectivity index (χ0) is 32.8. The van der Waals surface area contributed by atoms with E-state index in [-0.39, 0.29) is 0 Å². The van der Waals surface area contributed by atoms with Gasteiger partial charge in [0, 0.05) is 34.9 Å². The molecule has 3 aliphatic rings. The van der Waals surface area contributed by atoms with E-state index in [4.69, 9.17) is 47.2 Å². The van der Waals surface area contributed by atoms with Crippen molar-refractivity contribution >= 4 is 99.7 Å². The molecule has 4 heterocycles. The number of rotatable bonds is 2. The molecule has 1 saturated carbocycles. The molecule has 2 aromatic heterocycles. The van der Waals surface area contributed by atoms with Crippen LogP contribution in [0, 0.1) is 0 Å². The second-order valence-electron chi connectivity index (χ2n) is 11.8. The number of aliphatic imine (C=N–C) groups is 2. The van der Waals surface area contributed by atoms with Crippen LogP contribution in [-0.2, 0) is 23.2 Å². The monoisotopic (exact) mass is 688 g/mol. The molecule has 4 atom stereocenters. The standard InChI is InChI=1S/C34H26Cl2N4O2.CH4O3S/c1-3-39-21-11-7-5-9-17(21)25-23(39)15-13-19-31(25)41-33-27(35)30-34(28(36)29(33)37-19)42-32-20(38-30)14-16-24-26(32)18-10-6-8-12-22(18)40(24)4-2;1-5(2,3)4/h5-16,27-28,33-34H,3-4H2,1-2H3;1H3,(H,2,3,4). The van der Waals surface area contributed by atoms with Crippen molar-refractivity contribution in [1.82, 2.24) is 9.13 Å². The molecule has 1 aliphatic carbocycles. The highest BCUT2D eigenvalue weighted by atomic mass is 35.5. The Labute approximate surface area is 280 Å². The number of hydrogen-bond donors (Lipinski definition) is 1. The van der Waals surface area contributed by atoms with Crippen LogP contribution >= 0.6 is 23.2 Å². The molecule has 0 saturated heterocycles. The predicted molar refractivity (Wildman–Crippen MR) is 190 cm³/mol. The smallest absolute Gasteiger partial charge is 0.261 e. The van der Waals surface area contributed by atoms with Crippen LogP contribution in [0.5, 0.6) is 11.5 Å². The Kier molecular flexibility index (Phi) is 7.07. The number of para-hydroxylation sites is 2. The lowest BCUT2D eigenvalue weighted by atomic mass is 9.87. The van der Waals surface area contributed by atoms with Crippen molar-refractivity contribution in [3.63, 3.8) is 0 Å². The van der Waals surface area contributed by atoms with Crippen LogP contribution in [0.1, 0.15) is 13.8 Å². The highest BCUT2D eigenvalue weighted by Crippen LogP contribution is 2.50. The van der Waals surface area contributed by atoms with E-state index in [1.54, 1.807) is 0 Å². The number of halogens is 2. The summed E-state index contributed by atoms with van der Waals surface area (Å²) >= 11 is 14.4. The summed E-state index contributed by atoms with van der Waals surface area (Å²) in [4.78, 5) is 10.2. The van der Waals surface area contributed by atoms with E-state index in [9.17, 15) is 8.42 Å². The number of hydrogen-bond acceptors (Lipinski definition) is 6. The van der Waals surface area contributed by atoms with Crippen molar-refractivity contribution in [1.29, 1.82) is 0 Å². The van der Waals surface area contributed by atoms with Gasteiger partial charge in [-0.1, -0.05) is 36.4 Å². The number of alkyl halides is 2. The average molecular weight is 690 g/mol. The largest absolute Gasteiger partial charge is 0.479 e. The SMILES string of the molecule is CCn1c2ccccc2c2c3c(ccc21)N=C1C(Cl)C2Oc4c(ccc5c4c4ccccc4n5CC)N=C2C(Cl)C1O3.CS(=O)(=O)O. The van der Waals surface area contributed by atoms with Crippen LogP contribution in [0.2, 0.25) is 0 Å². The first-order valence-corrected chi connectivity index (χ1v) is 18.1. The van der Waals surface area contributed by atoms with Crippen LogP contribution < -0.4 is 9.47 Å². The summed E-state index contributed by atoms with van der Waals surface area (Å²) in [5.41, 5.74) is 7.43. The first-order chi connectivity index (χ1) is 22.6. The molecule has 4 aromatic carbocycles. The third-order valence-electron chi connectivity index (χ3n) is 9.04. The number of aryl methyl sites for hydroxylation is 2. The molecule has 240 valence electrons. The molecule has 1 N–H and O–H groups in total. The van der Waals surface area contributed by atoms with Crippen molar-refractivity contribution in [3.8, 4) is 11.5 Å². The molecule has 47 heavy (non-hydrogen) atoms. The van der Waals surface area contributed by atoms with Gasteiger partial charge in [0.15, 0.2) is 23.7 Å². The maximum absolute atomic E-state index is 9.19. The van der Waals surface area contributed by atoms with Crippen LogP contribution in [0.25, 0.3) is 43.6 Å². The molecule has 0 amide bonds. The van der Waals surface area contributed by atoms with Crippen molar-refractivity contribution in [2.75, 3.05) is 6.26 Å². The van der Waals surface area contributed by atoms with Crippen molar-refractivity contribution in [3.05, 3.63) is 72.8 Å². The average Bonchev–Trinajstić information content (AvgIpc) is 3.57. The zero-order valence-corrected chi connectivity index (χ0v) is 28.0. The van der Waals surface area contributed by atoms with Crippen LogP contribution in [0.3, 0.4) is 0 Å². The fraction of sp³-hybridized carbons (Fsp3) is 0.257. The van der Waals surface area contributed by atoms with Gasteiger partial charge in [0.1, 0.15) is 22.1 Å². The summed E-state index contributed by atoms with van der Waals surface area (Å²) in [6, 6.07) is 25.1. The van der Waals surface area contributed by atoms with Crippen molar-refractivity contribution < 1.29 is 22.4 Å². The molecule has 12 heteroatoms. The summed E-state index contributed by atoms with van der Waals surface area (Å²) in [6.07, 6.45) is -0.392. The van der Waals surface area contributed by atoms with Gasteiger partial charge in [-0.05, 0) is 50.2 Å². The van der Waals surface area contributed by atoms with Crippen LogP contribution in [0.4, 0.5) is 11.4 Å². The van der Waals surface area contributed by atoms with Gasteiger partial charge in [0.2, 0.25) is 0 Å². The summed E-state index contributed by atoms with van der Waals surface area (Å²) in [5.74, 6) is 1.48. The Hall–Kier alpha value is -4.09. The fourth-order valence-electron chi connectivity index (χ4n) is 7.24. The van der Waals surface area contributed by atoms with E-state index in [0.29, 0.717) is 17.7 Å². The second kappa shape index (κ2) is 11.0. The minimum Gasteiger partial charge on any atom is -0.479 e. The summed E-state index contributed by atoms with van der Waals surface area (Å²) in [5, 5.41) is 3.18. The van der Waals surface area contributed by atoms with Gasteiger partial charge in [0.25, 0.3) is 10.1 Å². The van der Waals surface area contributed by atoms with E-state index in [1.807, 2.05) is 12.1 Å². The van der Waals surface area contributed by atoms with Gasteiger partial charge in [-0.3, -0.25) is 4.55 Å². The van der Waals surface area contributed by atoms with Gasteiger partial charge < -0.3 is 18.6 Å². The second-order valence-corrected chi connectivity index (χ2v) is 14.2. The molecular formula is C35H30Cl2N4O5S. The molecule has 1 fully saturated rings. The molecule has 0 radical (unpaired) electrons. The van der Waals surface area contributed by atoms with Crippen molar-refractivity contribution in [2.24, 2.45) is 9.98 Å². The van der Waals surface area contributed by atoms with Gasteiger partial charge in [0.05, 0.1) is 39.5 Å². The van der Waals surface area contributed by atoms with Gasteiger partial charge in [-0.15, -0.1) is 23.2 Å². The lowest BCUT2D eigenvalue weighted by Gasteiger charge is -2.42. The molecule has 2 aliphatic heterocycles.